The normalized spacial score (nSPS) is 7.62. The summed E-state index contributed by atoms with van der Waals surface area (Å²) in [6.45, 7) is 57.8. The van der Waals surface area contributed by atoms with Crippen LogP contribution in [0.2, 0.25) is 0 Å². The quantitative estimate of drug-likeness (QED) is 0.130. The Kier molecular flexibility index (Phi) is 106. The summed E-state index contributed by atoms with van der Waals surface area (Å²) < 4.78 is 7.78. The van der Waals surface area contributed by atoms with E-state index in [1.165, 1.54) is 35.8 Å². The van der Waals surface area contributed by atoms with Crippen molar-refractivity contribution in [2.75, 3.05) is 0 Å². The average molecular weight is 1270 g/mol. The van der Waals surface area contributed by atoms with Crippen LogP contribution >= 0.6 is 0 Å². The molecule has 0 saturated carbocycles. The lowest BCUT2D eigenvalue weighted by atomic mass is 10.3. The molecule has 0 fully saturated rings. The van der Waals surface area contributed by atoms with Gasteiger partial charge in [-0.25, -0.2) is 48.6 Å². The summed E-state index contributed by atoms with van der Waals surface area (Å²) in [5.41, 5.74) is 9.07. The topological polar surface area (TPSA) is 197 Å². The average Bonchev–Trinajstić information content (AvgIpc) is 4.18. The number of pyridine rings is 3. The van der Waals surface area contributed by atoms with E-state index in [-0.39, 0.29) is 0 Å². The highest BCUT2D eigenvalue weighted by atomic mass is 15.3. The summed E-state index contributed by atoms with van der Waals surface area (Å²) in [6, 6.07) is 23.8. The standard InChI is InChI=1S/3C7H10N.6C5H6N2.C3H5N3.10C2H6/c1-7-3-5-8(2)6-4-7;1-7-4-3-5-8(2)6-7;1-7-5-3-4-6-8(7)2;1-5-2-6-4-7-3-5;1-5-4-6-2-3-7-5;1-5-2-3-6-4-7-5;1-5-2-3-6-7-4-5;1-5-6-3-2-4-7-5;1-5-3-2-4-6-7-5;1-6-3-4-2-5-6;10*1-2/h3*3-6H,1-2H3;6*2-4H,1H3;2-3H,1H3;10*1-2H3/q3*+1;;;;;;;;;;;;;;;;;. The third-order valence-electron chi connectivity index (χ3n) is 8.33. The Morgan fingerprint density at radius 2 is 0.902 bits per heavy atom. The second-order valence-corrected chi connectivity index (χ2v) is 15.3. The Morgan fingerprint density at radius 3 is 1.14 bits per heavy atom. The maximum atomic E-state index is 3.92. The van der Waals surface area contributed by atoms with Crippen LogP contribution in [0.1, 0.15) is 189 Å². The lowest BCUT2D eigenvalue weighted by molar-refractivity contribution is -0.677. The minimum absolute atomic E-state index is 0.822. The Morgan fingerprint density at radius 1 is 0.326 bits per heavy atom. The summed E-state index contributed by atoms with van der Waals surface area (Å²) in [7, 11) is 7.90. The van der Waals surface area contributed by atoms with Gasteiger partial charge in [-0.2, -0.15) is 25.5 Å². The van der Waals surface area contributed by atoms with Crippen molar-refractivity contribution < 1.29 is 13.7 Å². The van der Waals surface area contributed by atoms with E-state index in [1.807, 2.05) is 285 Å². The van der Waals surface area contributed by atoms with Crippen molar-refractivity contribution in [1.82, 2.24) is 75.0 Å². The predicted octanol–water partition coefficient (Wildman–Crippen LogP) is 17.2. The van der Waals surface area contributed by atoms with Gasteiger partial charge in [0.15, 0.2) is 36.7 Å². The molecule has 0 aliphatic rings. The van der Waals surface area contributed by atoms with Gasteiger partial charge in [0.1, 0.15) is 52.3 Å². The lowest BCUT2D eigenvalue weighted by Crippen LogP contribution is -2.30. The Balaban J connectivity index is -0.0000000985. The molecule has 514 valence electrons. The summed E-state index contributed by atoms with van der Waals surface area (Å²) in [5, 5.41) is 18.3. The first kappa shape index (κ1) is 105. The van der Waals surface area contributed by atoms with Gasteiger partial charge in [0.2, 0.25) is 0 Å². The molecule has 0 saturated heterocycles. The van der Waals surface area contributed by atoms with Crippen molar-refractivity contribution in [2.24, 2.45) is 28.2 Å². The molecule has 10 rings (SSSR count). The van der Waals surface area contributed by atoms with Crippen molar-refractivity contribution in [3.05, 3.63) is 248 Å². The van der Waals surface area contributed by atoms with Gasteiger partial charge in [-0.3, -0.25) is 14.6 Å². The van der Waals surface area contributed by atoms with Gasteiger partial charge in [-0.05, 0) is 108 Å². The molecule has 0 bridgehead atoms. The van der Waals surface area contributed by atoms with Crippen molar-refractivity contribution in [3.63, 3.8) is 0 Å². The van der Waals surface area contributed by atoms with Crippen LogP contribution in [-0.2, 0) is 28.2 Å². The van der Waals surface area contributed by atoms with Crippen LogP contribution in [0.4, 0.5) is 0 Å². The fraction of sp³-hybridized carbons (Fsp3) is 0.446. The number of aromatic nitrogens is 18. The third-order valence-corrected chi connectivity index (χ3v) is 8.33. The van der Waals surface area contributed by atoms with Crippen LogP contribution < -0.4 is 13.7 Å². The summed E-state index contributed by atoms with van der Waals surface area (Å²) in [6.07, 6.45) is 35.2. The number of nitrogens with zero attached hydrogens (tertiary/aromatic N) is 18. The minimum Gasteiger partial charge on any atom is -0.261 e. The van der Waals surface area contributed by atoms with Crippen LogP contribution in [0.25, 0.3) is 0 Å². The smallest absolute Gasteiger partial charge is 0.177 e. The monoisotopic (exact) mass is 1270 g/mol. The highest BCUT2D eigenvalue weighted by Crippen LogP contribution is 1.90. The second-order valence-electron chi connectivity index (χ2n) is 15.3. The van der Waals surface area contributed by atoms with Crippen LogP contribution in [0.3, 0.4) is 0 Å². The van der Waals surface area contributed by atoms with Gasteiger partial charge in [0.25, 0.3) is 0 Å². The molecule has 0 aromatic carbocycles. The van der Waals surface area contributed by atoms with E-state index < -0.39 is 0 Å². The maximum Gasteiger partial charge on any atom is 0.177 e. The molecule has 10 aromatic rings. The molecule has 0 unspecified atom stereocenters. The number of aryl methyl sites for hydroxylation is 13. The van der Waals surface area contributed by atoms with Gasteiger partial charge in [0.05, 0.1) is 17.6 Å². The predicted molar refractivity (Wildman–Crippen MR) is 392 cm³/mol. The molecule has 18 nitrogen and oxygen atoms in total. The van der Waals surface area contributed by atoms with E-state index in [0.29, 0.717) is 0 Å². The molecule has 10 heterocycles. The molecule has 92 heavy (non-hydrogen) atoms. The molecule has 18 heteroatoms. The molecular formula is C74H131N18+3. The molecule has 0 spiro atoms. The minimum atomic E-state index is 0.822. The molecule has 0 N–H and O–H groups in total. The lowest BCUT2D eigenvalue weighted by Gasteiger charge is -1.87. The fourth-order valence-corrected chi connectivity index (χ4v) is 4.40. The second kappa shape index (κ2) is 93.2. The number of rotatable bonds is 0. The summed E-state index contributed by atoms with van der Waals surface area (Å²) >= 11 is 0. The molecule has 0 radical (unpaired) electrons. The van der Waals surface area contributed by atoms with E-state index in [2.05, 4.69) is 126 Å². The first-order chi connectivity index (χ1) is 44.6. The van der Waals surface area contributed by atoms with Gasteiger partial charge in [0, 0.05) is 118 Å². The zero-order chi connectivity index (χ0) is 73.0. The molecule has 0 amide bonds. The molecule has 0 aliphatic heterocycles. The Hall–Kier alpha value is -8.93. The summed E-state index contributed by atoms with van der Waals surface area (Å²) in [4.78, 5) is 34.3. The van der Waals surface area contributed by atoms with Crippen molar-refractivity contribution in [2.45, 2.75) is 201 Å². The van der Waals surface area contributed by atoms with E-state index in [1.54, 1.807) is 85.2 Å². The number of hydrogen-bond donors (Lipinski definition) is 0. The first-order valence-electron chi connectivity index (χ1n) is 32.6. The molecule has 10 aromatic heterocycles. The molecule has 0 aliphatic carbocycles. The van der Waals surface area contributed by atoms with Crippen LogP contribution in [0.5, 0.6) is 0 Å². The SMILES string of the molecule is CC.CC.CC.CC.CC.CC.CC.CC.CC.CC.Cc1cc[n+](C)cc1.Cc1ccc[n+](C)c1.Cc1cccc[n+]1C.Cc1cccnn1.Cc1ccncn1.Cc1ccnnc1.Cc1cnccn1.Cc1cncnc1.Cc1ncccn1.Cn1cncn1. The van der Waals surface area contributed by atoms with Gasteiger partial charge >= 0.3 is 0 Å². The highest BCUT2D eigenvalue weighted by Gasteiger charge is 1.92. The van der Waals surface area contributed by atoms with Crippen molar-refractivity contribution in [1.29, 1.82) is 0 Å². The zero-order valence-corrected chi connectivity index (χ0v) is 64.0. The van der Waals surface area contributed by atoms with Crippen LogP contribution in [0.15, 0.2) is 197 Å². The van der Waals surface area contributed by atoms with E-state index in [9.17, 15) is 0 Å². The van der Waals surface area contributed by atoms with Gasteiger partial charge in [-0.15, -0.1) is 0 Å². The largest absolute Gasteiger partial charge is 0.261 e. The van der Waals surface area contributed by atoms with Crippen LogP contribution in [-0.4, -0.2) is 75.0 Å². The summed E-state index contributed by atoms with van der Waals surface area (Å²) in [5.74, 6) is 0.822. The Labute approximate surface area is 563 Å². The Bertz CT molecular complexity index is 2400. The van der Waals surface area contributed by atoms with E-state index >= 15 is 0 Å². The first-order valence-corrected chi connectivity index (χ1v) is 32.6. The maximum absolute atomic E-state index is 3.92. The van der Waals surface area contributed by atoms with Crippen molar-refractivity contribution >= 4 is 0 Å². The van der Waals surface area contributed by atoms with Crippen LogP contribution in [0, 0.1) is 62.3 Å². The zero-order valence-electron chi connectivity index (χ0n) is 64.0. The number of hydrogen-bond acceptors (Lipinski definition) is 14. The molecule has 0 atom stereocenters. The third kappa shape index (κ3) is 87.5. The fourth-order valence-electron chi connectivity index (χ4n) is 4.40. The van der Waals surface area contributed by atoms with E-state index in [4.69, 9.17) is 0 Å². The van der Waals surface area contributed by atoms with Gasteiger partial charge < -0.3 is 0 Å². The van der Waals surface area contributed by atoms with E-state index in [0.717, 1.165) is 34.0 Å². The highest BCUT2D eigenvalue weighted by molar-refractivity contribution is 5.03. The van der Waals surface area contributed by atoms with Gasteiger partial charge in [-0.1, -0.05) is 145 Å². The van der Waals surface area contributed by atoms with Crippen molar-refractivity contribution in [3.8, 4) is 0 Å². The molecular weight excluding hydrogens is 1140 g/mol.